The summed E-state index contributed by atoms with van der Waals surface area (Å²) in [6.07, 6.45) is 8.92. The van der Waals surface area contributed by atoms with Crippen molar-refractivity contribution in [2.24, 2.45) is 17.8 Å². The molecule has 6 rings (SSSR count). The van der Waals surface area contributed by atoms with E-state index in [1.54, 1.807) is 6.92 Å². The van der Waals surface area contributed by atoms with Gasteiger partial charge >= 0.3 is 0 Å². The molecule has 2 aromatic carbocycles. The molecule has 0 aromatic heterocycles. The molecule has 4 bridgehead atoms. The lowest BCUT2D eigenvalue weighted by molar-refractivity contribution is -0.139. The minimum atomic E-state index is -3.77. The van der Waals surface area contributed by atoms with E-state index in [4.69, 9.17) is 0 Å². The fourth-order valence-electron chi connectivity index (χ4n) is 7.83. The molecule has 2 amide bonds. The van der Waals surface area contributed by atoms with Crippen molar-refractivity contribution in [3.63, 3.8) is 0 Å². The number of carbonyl (C=O) groups is 2. The molecule has 222 valence electrons. The molecule has 1 N–H and O–H groups in total. The van der Waals surface area contributed by atoms with Crippen molar-refractivity contribution in [2.45, 2.75) is 83.3 Å². The Hall–Kier alpha value is -2.39. The number of amides is 2. The Bertz CT molecular complexity index is 1340. The molecule has 4 saturated carbocycles. The lowest BCUT2D eigenvalue weighted by atomic mass is 9.48. The van der Waals surface area contributed by atoms with Crippen molar-refractivity contribution in [1.29, 1.82) is 0 Å². The maximum absolute atomic E-state index is 13.8. The van der Waals surface area contributed by atoms with E-state index in [-0.39, 0.29) is 30.5 Å². The Morgan fingerprint density at radius 2 is 1.46 bits per heavy atom. The van der Waals surface area contributed by atoms with Gasteiger partial charge in [-0.05, 0) is 118 Å². The van der Waals surface area contributed by atoms with Crippen LogP contribution in [0.25, 0.3) is 0 Å². The van der Waals surface area contributed by atoms with Gasteiger partial charge in [0.05, 0.1) is 11.9 Å². The minimum Gasteiger partial charge on any atom is -0.352 e. The van der Waals surface area contributed by atoms with Gasteiger partial charge in [0.25, 0.3) is 0 Å². The average molecular weight is 645 g/mol. The molecule has 41 heavy (non-hydrogen) atoms. The first kappa shape index (κ1) is 30.1. The predicted molar refractivity (Wildman–Crippen MR) is 166 cm³/mol. The largest absolute Gasteiger partial charge is 0.352 e. The van der Waals surface area contributed by atoms with Gasteiger partial charge in [-0.25, -0.2) is 8.42 Å². The van der Waals surface area contributed by atoms with Crippen molar-refractivity contribution in [3.8, 4) is 0 Å². The van der Waals surface area contributed by atoms with Gasteiger partial charge < -0.3 is 10.2 Å². The number of nitrogens with zero attached hydrogens (tertiary/aromatic N) is 2. The van der Waals surface area contributed by atoms with Crippen LogP contribution in [0.15, 0.2) is 53.0 Å². The molecular formula is C32H42BrN3O4S. The number of halogens is 1. The third kappa shape index (κ3) is 6.66. The number of rotatable bonds is 10. The zero-order valence-corrected chi connectivity index (χ0v) is 26.9. The van der Waals surface area contributed by atoms with E-state index in [2.05, 4.69) is 33.4 Å². The molecule has 4 fully saturated rings. The van der Waals surface area contributed by atoms with Gasteiger partial charge in [0, 0.05) is 17.1 Å². The molecule has 0 heterocycles. The Kier molecular flexibility index (Phi) is 8.59. The molecule has 4 aliphatic carbocycles. The van der Waals surface area contributed by atoms with Gasteiger partial charge in [-0.15, -0.1) is 0 Å². The van der Waals surface area contributed by atoms with Crippen LogP contribution in [0.1, 0.15) is 70.4 Å². The lowest BCUT2D eigenvalue weighted by Crippen LogP contribution is -2.52. The van der Waals surface area contributed by atoms with E-state index in [1.807, 2.05) is 50.2 Å². The summed E-state index contributed by atoms with van der Waals surface area (Å²) in [5, 5.41) is 2.88. The summed E-state index contributed by atoms with van der Waals surface area (Å²) in [6.45, 7) is 5.21. The highest BCUT2D eigenvalue weighted by molar-refractivity contribution is 9.10. The number of nitrogens with one attached hydrogen (secondary N) is 1. The van der Waals surface area contributed by atoms with Gasteiger partial charge in [-0.1, -0.05) is 40.2 Å². The number of hydrogen-bond donors (Lipinski definition) is 1. The van der Waals surface area contributed by atoms with E-state index in [9.17, 15) is 18.0 Å². The quantitative estimate of drug-likeness (QED) is 0.364. The second-order valence-corrected chi connectivity index (χ2v) is 15.8. The molecule has 4 aliphatic rings. The number of anilines is 1. The molecule has 1 unspecified atom stereocenters. The molecule has 0 radical (unpaired) electrons. The van der Waals surface area contributed by atoms with E-state index >= 15 is 0 Å². The fraction of sp³-hybridized carbons (Fsp3) is 0.562. The van der Waals surface area contributed by atoms with Crippen LogP contribution in [0.2, 0.25) is 0 Å². The normalized spacial score (nSPS) is 25.7. The van der Waals surface area contributed by atoms with Crippen molar-refractivity contribution in [3.05, 3.63) is 64.1 Å². The third-order valence-corrected chi connectivity index (χ3v) is 11.0. The highest BCUT2D eigenvalue weighted by Gasteiger charge is 2.51. The first-order valence-electron chi connectivity index (χ1n) is 14.8. The summed E-state index contributed by atoms with van der Waals surface area (Å²) in [4.78, 5) is 28.2. The fourth-order valence-corrected chi connectivity index (χ4v) is 8.95. The molecule has 7 nitrogen and oxygen atoms in total. The van der Waals surface area contributed by atoms with E-state index in [0.717, 1.165) is 34.0 Å². The predicted octanol–water partition coefficient (Wildman–Crippen LogP) is 5.62. The van der Waals surface area contributed by atoms with Gasteiger partial charge in [0.2, 0.25) is 21.8 Å². The van der Waals surface area contributed by atoms with E-state index in [0.29, 0.717) is 5.69 Å². The van der Waals surface area contributed by atoms with Crippen LogP contribution in [0, 0.1) is 17.8 Å². The van der Waals surface area contributed by atoms with Crippen molar-refractivity contribution in [2.75, 3.05) is 17.1 Å². The van der Waals surface area contributed by atoms with E-state index in [1.165, 1.54) is 53.3 Å². The summed E-state index contributed by atoms with van der Waals surface area (Å²) < 4.78 is 28.1. The first-order valence-corrected chi connectivity index (χ1v) is 17.4. The standard InChI is InChI=1S/C32H42BrN3O4S/c1-21(2)34-31(38)22(3)35(19-23-5-9-28(33)10-6-23)30(37)20-36(41(4,39)40)29-11-7-27(8-12-29)32-16-24-13-25(17-32)15-26(14-24)18-32/h5-12,21-22,24-26H,13-20H2,1-4H3,(H,34,38). The first-order chi connectivity index (χ1) is 19.3. The molecule has 0 saturated heterocycles. The molecule has 1 atom stereocenters. The van der Waals surface area contributed by atoms with Crippen LogP contribution in [-0.2, 0) is 31.6 Å². The summed E-state index contributed by atoms with van der Waals surface area (Å²) >= 11 is 3.43. The Morgan fingerprint density at radius 3 is 1.95 bits per heavy atom. The second kappa shape index (κ2) is 11.7. The number of sulfonamides is 1. The van der Waals surface area contributed by atoms with Crippen molar-refractivity contribution in [1.82, 2.24) is 10.2 Å². The van der Waals surface area contributed by atoms with Gasteiger partial charge in [0.1, 0.15) is 12.6 Å². The second-order valence-electron chi connectivity index (χ2n) is 13.0. The van der Waals surface area contributed by atoms with Crippen LogP contribution >= 0.6 is 15.9 Å². The van der Waals surface area contributed by atoms with Crippen molar-refractivity contribution >= 4 is 43.5 Å². The summed E-state index contributed by atoms with van der Waals surface area (Å²) in [5.41, 5.74) is 2.82. The number of hydrogen-bond acceptors (Lipinski definition) is 4. The van der Waals surface area contributed by atoms with Gasteiger partial charge in [-0.3, -0.25) is 13.9 Å². The van der Waals surface area contributed by atoms with Crippen LogP contribution < -0.4 is 9.62 Å². The van der Waals surface area contributed by atoms with Crippen LogP contribution in [0.5, 0.6) is 0 Å². The maximum atomic E-state index is 13.8. The molecule has 0 spiro atoms. The lowest BCUT2D eigenvalue weighted by Gasteiger charge is -2.57. The minimum absolute atomic E-state index is 0.0883. The van der Waals surface area contributed by atoms with Gasteiger partial charge in [0.15, 0.2) is 0 Å². The highest BCUT2D eigenvalue weighted by atomic mass is 79.9. The summed E-state index contributed by atoms with van der Waals surface area (Å²) in [7, 11) is -3.77. The molecular weight excluding hydrogens is 602 g/mol. The number of benzene rings is 2. The Labute approximate surface area is 253 Å². The molecule has 0 aliphatic heterocycles. The summed E-state index contributed by atoms with van der Waals surface area (Å²) in [6, 6.07) is 14.5. The van der Waals surface area contributed by atoms with Crippen molar-refractivity contribution < 1.29 is 18.0 Å². The van der Waals surface area contributed by atoms with Crippen LogP contribution in [0.3, 0.4) is 0 Å². The zero-order chi connectivity index (χ0) is 29.5. The number of carbonyl (C=O) groups excluding carboxylic acids is 2. The molecule has 9 heteroatoms. The average Bonchev–Trinajstić information content (AvgIpc) is 2.89. The zero-order valence-electron chi connectivity index (χ0n) is 24.5. The summed E-state index contributed by atoms with van der Waals surface area (Å²) in [5.74, 6) is 1.74. The Morgan fingerprint density at radius 1 is 0.927 bits per heavy atom. The van der Waals surface area contributed by atoms with Crippen LogP contribution in [-0.4, -0.2) is 50.0 Å². The Balaban J connectivity index is 1.38. The topological polar surface area (TPSA) is 86.8 Å². The molecule has 2 aromatic rings. The smallest absolute Gasteiger partial charge is 0.244 e. The SMILES string of the molecule is CC(C)NC(=O)C(C)N(Cc1ccc(Br)cc1)C(=O)CN(c1ccc(C23CC4CC(CC(C4)C2)C3)cc1)S(C)(=O)=O. The van der Waals surface area contributed by atoms with E-state index < -0.39 is 22.0 Å². The van der Waals surface area contributed by atoms with Crippen LogP contribution in [0.4, 0.5) is 5.69 Å². The monoisotopic (exact) mass is 643 g/mol. The third-order valence-electron chi connectivity index (χ3n) is 9.35. The highest BCUT2D eigenvalue weighted by Crippen LogP contribution is 2.60. The maximum Gasteiger partial charge on any atom is 0.244 e. The van der Waals surface area contributed by atoms with Gasteiger partial charge in [-0.2, -0.15) is 0 Å².